The van der Waals surface area contributed by atoms with Crippen LogP contribution in [0.5, 0.6) is 5.75 Å². The molecule has 1 atom stereocenters. The van der Waals surface area contributed by atoms with Crippen LogP contribution in [0.2, 0.25) is 0 Å². The number of anilines is 1. The smallest absolute Gasteiger partial charge is 0.301 e. The van der Waals surface area contributed by atoms with Crippen LogP contribution in [0.3, 0.4) is 0 Å². The first-order valence-corrected chi connectivity index (χ1v) is 12.7. The summed E-state index contributed by atoms with van der Waals surface area (Å²) in [6.45, 7) is 0. The van der Waals surface area contributed by atoms with Crippen LogP contribution in [-0.2, 0) is 15.3 Å². The molecule has 1 aliphatic heterocycles. The topological polar surface area (TPSA) is 106 Å². The van der Waals surface area contributed by atoms with Crippen molar-refractivity contribution in [3.05, 3.63) is 101 Å². The standard InChI is InChI=1S/C26H20N4O4S2/c1-34-19-9-5-8-18(14-19)21-20(22(31)17-10-12-27-13-11-17)23(32)24(33)30(21)25-28-29-26(36-25)35-15-16-6-3-2-4-7-16/h2-14,21,31H,15H2,1H3. The van der Waals surface area contributed by atoms with E-state index < -0.39 is 17.7 Å². The van der Waals surface area contributed by atoms with Crippen LogP contribution in [-0.4, -0.2) is 39.1 Å². The number of nitrogens with zero attached hydrogens (tertiary/aromatic N) is 4. The predicted molar refractivity (Wildman–Crippen MR) is 138 cm³/mol. The number of aliphatic hydroxyl groups is 1. The van der Waals surface area contributed by atoms with Gasteiger partial charge in [-0.15, -0.1) is 10.2 Å². The monoisotopic (exact) mass is 516 g/mol. The maximum Gasteiger partial charge on any atom is 0.301 e. The molecule has 10 heteroatoms. The van der Waals surface area contributed by atoms with Gasteiger partial charge in [-0.25, -0.2) is 0 Å². The molecule has 1 N–H and O–H groups in total. The fourth-order valence-electron chi connectivity index (χ4n) is 3.90. The molecule has 0 bridgehead atoms. The van der Waals surface area contributed by atoms with Gasteiger partial charge in [-0.3, -0.25) is 19.5 Å². The molecule has 180 valence electrons. The summed E-state index contributed by atoms with van der Waals surface area (Å²) in [7, 11) is 1.54. The quantitative estimate of drug-likeness (QED) is 0.122. The van der Waals surface area contributed by atoms with E-state index in [2.05, 4.69) is 15.2 Å². The van der Waals surface area contributed by atoms with Gasteiger partial charge < -0.3 is 9.84 Å². The van der Waals surface area contributed by atoms with Crippen LogP contribution in [0.15, 0.2) is 89.0 Å². The summed E-state index contributed by atoms with van der Waals surface area (Å²) in [6, 6.07) is 19.2. The number of ether oxygens (including phenoxy) is 1. The molecule has 1 unspecified atom stereocenters. The van der Waals surface area contributed by atoms with Crippen LogP contribution >= 0.6 is 23.1 Å². The van der Waals surface area contributed by atoms with Gasteiger partial charge in [0.1, 0.15) is 11.5 Å². The molecule has 36 heavy (non-hydrogen) atoms. The van der Waals surface area contributed by atoms with Crippen molar-refractivity contribution in [3.8, 4) is 5.75 Å². The van der Waals surface area contributed by atoms with E-state index in [1.54, 1.807) is 36.4 Å². The Morgan fingerprint density at radius 3 is 2.58 bits per heavy atom. The van der Waals surface area contributed by atoms with Crippen molar-refractivity contribution in [1.29, 1.82) is 0 Å². The van der Waals surface area contributed by atoms with E-state index in [1.807, 2.05) is 30.3 Å². The second-order valence-electron chi connectivity index (χ2n) is 7.81. The molecule has 4 aromatic rings. The van der Waals surface area contributed by atoms with Crippen LogP contribution in [0.25, 0.3) is 5.76 Å². The molecule has 1 saturated heterocycles. The molecule has 2 aromatic heterocycles. The van der Waals surface area contributed by atoms with Gasteiger partial charge in [0, 0.05) is 23.7 Å². The van der Waals surface area contributed by atoms with Gasteiger partial charge in [-0.1, -0.05) is 65.6 Å². The molecular formula is C26H20N4O4S2. The van der Waals surface area contributed by atoms with E-state index in [0.29, 0.717) is 27.0 Å². The molecule has 1 amide bonds. The van der Waals surface area contributed by atoms with Crippen molar-refractivity contribution in [2.45, 2.75) is 16.1 Å². The molecular weight excluding hydrogens is 496 g/mol. The second-order valence-corrected chi connectivity index (χ2v) is 9.98. The molecule has 0 aliphatic carbocycles. The summed E-state index contributed by atoms with van der Waals surface area (Å²) in [5, 5.41) is 19.9. The van der Waals surface area contributed by atoms with Crippen LogP contribution < -0.4 is 9.64 Å². The molecule has 3 heterocycles. The fourth-order valence-corrected chi connectivity index (χ4v) is 5.72. The van der Waals surface area contributed by atoms with Crippen molar-refractivity contribution < 1.29 is 19.4 Å². The Hall–Kier alpha value is -4.02. The lowest BCUT2D eigenvalue weighted by molar-refractivity contribution is -0.132. The van der Waals surface area contributed by atoms with E-state index in [-0.39, 0.29) is 16.5 Å². The Morgan fingerprint density at radius 1 is 1.06 bits per heavy atom. The Balaban J connectivity index is 1.56. The maximum atomic E-state index is 13.3. The lowest BCUT2D eigenvalue weighted by Gasteiger charge is -2.22. The number of hydrogen-bond donors (Lipinski definition) is 1. The van der Waals surface area contributed by atoms with Crippen molar-refractivity contribution in [2.75, 3.05) is 12.0 Å². The number of ketones is 1. The zero-order valence-corrected chi connectivity index (χ0v) is 20.7. The number of carbonyl (C=O) groups excluding carboxylic acids is 2. The summed E-state index contributed by atoms with van der Waals surface area (Å²) in [4.78, 5) is 31.8. The summed E-state index contributed by atoms with van der Waals surface area (Å²) in [5.41, 5.74) is 2.08. The number of carbonyl (C=O) groups is 2. The Morgan fingerprint density at radius 2 is 1.83 bits per heavy atom. The van der Waals surface area contributed by atoms with Crippen molar-refractivity contribution in [2.24, 2.45) is 0 Å². The van der Waals surface area contributed by atoms with Crippen LogP contribution in [0, 0.1) is 0 Å². The molecule has 1 aliphatic rings. The molecule has 0 saturated carbocycles. The number of aliphatic hydroxyl groups excluding tert-OH is 1. The third-order valence-corrected chi connectivity index (χ3v) is 7.74. The van der Waals surface area contributed by atoms with E-state index in [0.717, 1.165) is 5.56 Å². The number of benzene rings is 2. The van der Waals surface area contributed by atoms with Crippen LogP contribution in [0.1, 0.15) is 22.7 Å². The number of pyridine rings is 1. The van der Waals surface area contributed by atoms with Crippen molar-refractivity contribution in [3.63, 3.8) is 0 Å². The highest BCUT2D eigenvalue weighted by molar-refractivity contribution is 8.00. The minimum absolute atomic E-state index is 0.0341. The van der Waals surface area contributed by atoms with Gasteiger partial charge in [0.15, 0.2) is 4.34 Å². The predicted octanol–water partition coefficient (Wildman–Crippen LogP) is 4.86. The van der Waals surface area contributed by atoms with Gasteiger partial charge in [-0.2, -0.15) is 0 Å². The van der Waals surface area contributed by atoms with Gasteiger partial charge in [0.25, 0.3) is 5.78 Å². The summed E-state index contributed by atoms with van der Waals surface area (Å²) in [5.74, 6) is -0.622. The summed E-state index contributed by atoms with van der Waals surface area (Å²) >= 11 is 2.72. The number of rotatable bonds is 7. The number of amides is 1. The Labute approximate surface area is 215 Å². The number of methoxy groups -OCH3 is 1. The molecule has 8 nitrogen and oxygen atoms in total. The largest absolute Gasteiger partial charge is 0.507 e. The highest BCUT2D eigenvalue weighted by atomic mass is 32.2. The first-order valence-electron chi connectivity index (χ1n) is 10.9. The van der Waals surface area contributed by atoms with Crippen LogP contribution in [0.4, 0.5) is 5.13 Å². The van der Waals surface area contributed by atoms with Gasteiger partial charge in [0.05, 0.1) is 18.7 Å². The number of Topliss-reactive ketones (excluding diaryl/α,β-unsaturated/α-hetero) is 1. The third-order valence-electron chi connectivity index (χ3n) is 5.61. The average Bonchev–Trinajstić information content (AvgIpc) is 3.50. The van der Waals surface area contributed by atoms with Gasteiger partial charge in [0.2, 0.25) is 5.13 Å². The molecule has 1 fully saturated rings. The first-order chi connectivity index (χ1) is 17.6. The average molecular weight is 517 g/mol. The van der Waals surface area contributed by atoms with E-state index in [9.17, 15) is 14.7 Å². The normalized spacial score (nSPS) is 16.9. The van der Waals surface area contributed by atoms with E-state index in [1.165, 1.54) is 47.5 Å². The summed E-state index contributed by atoms with van der Waals surface area (Å²) < 4.78 is 6.02. The highest BCUT2D eigenvalue weighted by Crippen LogP contribution is 2.44. The Kier molecular flexibility index (Phi) is 6.79. The molecule has 5 rings (SSSR count). The Bertz CT molecular complexity index is 1440. The lowest BCUT2D eigenvalue weighted by Crippen LogP contribution is -2.29. The third kappa shape index (κ3) is 4.60. The first kappa shape index (κ1) is 23.7. The number of thioether (sulfide) groups is 1. The second kappa shape index (κ2) is 10.3. The SMILES string of the molecule is COc1cccc(C2C(=C(O)c3ccncc3)C(=O)C(=O)N2c2nnc(SCc3ccccc3)s2)c1. The maximum absolute atomic E-state index is 13.3. The molecule has 0 radical (unpaired) electrons. The van der Waals surface area contributed by atoms with E-state index >= 15 is 0 Å². The molecule has 2 aromatic carbocycles. The summed E-state index contributed by atoms with van der Waals surface area (Å²) in [6.07, 6.45) is 3.01. The zero-order valence-electron chi connectivity index (χ0n) is 19.1. The van der Waals surface area contributed by atoms with Gasteiger partial charge in [-0.05, 0) is 35.4 Å². The minimum Gasteiger partial charge on any atom is -0.507 e. The zero-order chi connectivity index (χ0) is 25.1. The fraction of sp³-hybridized carbons (Fsp3) is 0.115. The minimum atomic E-state index is -0.909. The molecule has 0 spiro atoms. The number of aromatic nitrogens is 3. The number of hydrogen-bond acceptors (Lipinski definition) is 9. The lowest BCUT2D eigenvalue weighted by atomic mass is 9.95. The van der Waals surface area contributed by atoms with Crippen molar-refractivity contribution in [1.82, 2.24) is 15.2 Å². The highest BCUT2D eigenvalue weighted by Gasteiger charge is 2.48. The van der Waals surface area contributed by atoms with Gasteiger partial charge >= 0.3 is 5.91 Å². The van der Waals surface area contributed by atoms with E-state index in [4.69, 9.17) is 4.74 Å². The van der Waals surface area contributed by atoms with Crippen molar-refractivity contribution >= 4 is 45.7 Å².